The van der Waals surface area contributed by atoms with Crippen LogP contribution in [0.1, 0.15) is 37.9 Å². The Morgan fingerprint density at radius 2 is 1.75 bits per heavy atom. The minimum Gasteiger partial charge on any atom is -0.484 e. The molecule has 0 aliphatic carbocycles. The summed E-state index contributed by atoms with van der Waals surface area (Å²) in [4.78, 5) is 23.5. The van der Waals surface area contributed by atoms with Crippen LogP contribution in [0.25, 0.3) is 11.0 Å². The smallest absolute Gasteiger partial charge is 0.336 e. The fourth-order valence-corrected chi connectivity index (χ4v) is 3.06. The third-order valence-corrected chi connectivity index (χ3v) is 4.47. The highest BCUT2D eigenvalue weighted by Crippen LogP contribution is 2.20. The molecule has 28 heavy (non-hydrogen) atoms. The molecule has 0 spiro atoms. The average Bonchev–Trinajstić information content (AvgIpc) is 2.66. The zero-order valence-corrected chi connectivity index (χ0v) is 16.4. The lowest BCUT2D eigenvalue weighted by atomic mass is 10.00. The van der Waals surface area contributed by atoms with Gasteiger partial charge in [0.2, 0.25) is 0 Å². The van der Waals surface area contributed by atoms with E-state index in [4.69, 9.17) is 9.15 Å². The van der Waals surface area contributed by atoms with Gasteiger partial charge in [-0.15, -0.1) is 0 Å². The molecule has 5 nitrogen and oxygen atoms in total. The van der Waals surface area contributed by atoms with Gasteiger partial charge >= 0.3 is 5.63 Å². The van der Waals surface area contributed by atoms with E-state index in [0.717, 1.165) is 17.4 Å². The number of hydrogen-bond acceptors (Lipinski definition) is 4. The van der Waals surface area contributed by atoms with Gasteiger partial charge in [-0.2, -0.15) is 0 Å². The molecule has 1 atom stereocenters. The monoisotopic (exact) mass is 379 g/mol. The lowest BCUT2D eigenvalue weighted by Crippen LogP contribution is -2.31. The number of rotatable bonds is 7. The van der Waals surface area contributed by atoms with Crippen molar-refractivity contribution in [2.75, 3.05) is 6.61 Å². The van der Waals surface area contributed by atoms with E-state index in [1.165, 1.54) is 11.6 Å². The second kappa shape index (κ2) is 8.74. The molecule has 0 fully saturated rings. The Bertz CT molecular complexity index is 1010. The van der Waals surface area contributed by atoms with Crippen LogP contribution in [0.2, 0.25) is 0 Å². The number of nitrogens with one attached hydrogen (secondary N) is 1. The summed E-state index contributed by atoms with van der Waals surface area (Å²) in [7, 11) is 0. The number of amides is 1. The van der Waals surface area contributed by atoms with Gasteiger partial charge in [-0.3, -0.25) is 4.79 Å². The number of benzene rings is 2. The zero-order chi connectivity index (χ0) is 20.1. The molecule has 0 aliphatic rings. The van der Waals surface area contributed by atoms with Crippen molar-refractivity contribution in [3.63, 3.8) is 0 Å². The summed E-state index contributed by atoms with van der Waals surface area (Å²) >= 11 is 0. The molecule has 0 saturated carbocycles. The molecule has 0 radical (unpaired) electrons. The van der Waals surface area contributed by atoms with E-state index in [9.17, 15) is 9.59 Å². The minimum absolute atomic E-state index is 0.112. The first-order chi connectivity index (χ1) is 13.4. The van der Waals surface area contributed by atoms with Crippen LogP contribution in [0.5, 0.6) is 5.75 Å². The maximum absolute atomic E-state index is 12.2. The SMILES string of the molecule is CC(C)Cc1ccc([C@@H](C)NC(=O)COc2ccc3ccc(=O)oc3c2)cc1. The molecule has 0 aliphatic heterocycles. The number of ether oxygens (including phenoxy) is 1. The van der Waals surface area contributed by atoms with Crippen LogP contribution in [-0.4, -0.2) is 12.5 Å². The van der Waals surface area contributed by atoms with E-state index in [0.29, 0.717) is 17.3 Å². The van der Waals surface area contributed by atoms with Crippen molar-refractivity contribution in [2.45, 2.75) is 33.2 Å². The maximum atomic E-state index is 12.2. The first-order valence-corrected chi connectivity index (χ1v) is 9.45. The summed E-state index contributed by atoms with van der Waals surface area (Å²) in [5.41, 5.74) is 2.35. The van der Waals surface area contributed by atoms with Gasteiger partial charge in [0.25, 0.3) is 5.91 Å². The van der Waals surface area contributed by atoms with E-state index in [1.807, 2.05) is 6.92 Å². The van der Waals surface area contributed by atoms with Gasteiger partial charge in [-0.25, -0.2) is 4.79 Å². The van der Waals surface area contributed by atoms with Crippen molar-refractivity contribution in [1.82, 2.24) is 5.32 Å². The van der Waals surface area contributed by atoms with Gasteiger partial charge in [-0.1, -0.05) is 38.1 Å². The van der Waals surface area contributed by atoms with E-state index in [2.05, 4.69) is 43.4 Å². The Balaban J connectivity index is 1.55. The number of hydrogen-bond donors (Lipinski definition) is 1. The second-order valence-electron chi connectivity index (χ2n) is 7.37. The van der Waals surface area contributed by atoms with Crippen LogP contribution < -0.4 is 15.7 Å². The van der Waals surface area contributed by atoms with Crippen molar-refractivity contribution in [3.05, 3.63) is 76.1 Å². The lowest BCUT2D eigenvalue weighted by molar-refractivity contribution is -0.123. The van der Waals surface area contributed by atoms with Crippen molar-refractivity contribution >= 4 is 16.9 Å². The molecule has 3 rings (SSSR count). The van der Waals surface area contributed by atoms with Crippen molar-refractivity contribution in [2.24, 2.45) is 5.92 Å². The van der Waals surface area contributed by atoms with E-state index in [1.54, 1.807) is 24.3 Å². The van der Waals surface area contributed by atoms with Crippen LogP contribution in [0.3, 0.4) is 0 Å². The molecule has 0 bridgehead atoms. The molecular weight excluding hydrogens is 354 g/mol. The van der Waals surface area contributed by atoms with Crippen LogP contribution in [0.15, 0.2) is 63.8 Å². The van der Waals surface area contributed by atoms with Crippen LogP contribution in [0, 0.1) is 5.92 Å². The molecule has 1 heterocycles. The minimum atomic E-state index is -0.421. The zero-order valence-electron chi connectivity index (χ0n) is 16.4. The Kier molecular flexibility index (Phi) is 6.14. The first-order valence-electron chi connectivity index (χ1n) is 9.45. The molecular formula is C23H25NO4. The number of carbonyl (C=O) groups excluding carboxylic acids is 1. The highest BCUT2D eigenvalue weighted by molar-refractivity contribution is 5.79. The molecule has 146 valence electrons. The van der Waals surface area contributed by atoms with Crippen molar-refractivity contribution < 1.29 is 13.9 Å². The summed E-state index contributed by atoms with van der Waals surface area (Å²) in [5, 5.41) is 3.73. The molecule has 0 saturated heterocycles. The van der Waals surface area contributed by atoms with Crippen LogP contribution >= 0.6 is 0 Å². The van der Waals surface area contributed by atoms with Gasteiger partial charge in [-0.05, 0) is 48.6 Å². The fourth-order valence-electron chi connectivity index (χ4n) is 3.06. The summed E-state index contributed by atoms with van der Waals surface area (Å²) in [6.07, 6.45) is 1.04. The largest absolute Gasteiger partial charge is 0.484 e. The summed E-state index contributed by atoms with van der Waals surface area (Å²) in [6.45, 7) is 6.22. The normalized spacial score (nSPS) is 12.1. The first kappa shape index (κ1) is 19.7. The third kappa shape index (κ3) is 5.22. The predicted octanol–water partition coefficient (Wildman–Crippen LogP) is 4.25. The van der Waals surface area contributed by atoms with Gasteiger partial charge < -0.3 is 14.5 Å². The maximum Gasteiger partial charge on any atom is 0.336 e. The van der Waals surface area contributed by atoms with Gasteiger partial charge in [0.05, 0.1) is 6.04 Å². The standard InChI is InChI=1S/C23H25NO4/c1-15(2)12-17-4-6-18(7-5-17)16(3)24-22(25)14-27-20-10-8-19-9-11-23(26)28-21(19)13-20/h4-11,13,15-16H,12,14H2,1-3H3,(H,24,25)/t16-/m1/s1. The highest BCUT2D eigenvalue weighted by Gasteiger charge is 2.11. The summed E-state index contributed by atoms with van der Waals surface area (Å²) < 4.78 is 10.7. The Morgan fingerprint density at radius 3 is 2.46 bits per heavy atom. The third-order valence-electron chi connectivity index (χ3n) is 4.47. The molecule has 0 unspecified atom stereocenters. The fraction of sp³-hybridized carbons (Fsp3) is 0.304. The van der Waals surface area contributed by atoms with Crippen LogP contribution in [0.4, 0.5) is 0 Å². The molecule has 1 amide bonds. The average molecular weight is 379 g/mol. The number of carbonyl (C=O) groups is 1. The Morgan fingerprint density at radius 1 is 1.04 bits per heavy atom. The van der Waals surface area contributed by atoms with Gasteiger partial charge in [0.15, 0.2) is 6.61 Å². The predicted molar refractivity (Wildman–Crippen MR) is 110 cm³/mol. The van der Waals surface area contributed by atoms with Gasteiger partial charge in [0, 0.05) is 17.5 Å². The summed E-state index contributed by atoms with van der Waals surface area (Å²) in [6, 6.07) is 16.4. The van der Waals surface area contributed by atoms with E-state index < -0.39 is 5.63 Å². The Labute approximate surface area is 164 Å². The Hall–Kier alpha value is -3.08. The summed E-state index contributed by atoms with van der Waals surface area (Å²) in [5.74, 6) is 0.874. The molecule has 5 heteroatoms. The van der Waals surface area contributed by atoms with Crippen LogP contribution in [-0.2, 0) is 11.2 Å². The quantitative estimate of drug-likeness (QED) is 0.623. The second-order valence-corrected chi connectivity index (χ2v) is 7.37. The molecule has 2 aromatic carbocycles. The van der Waals surface area contributed by atoms with E-state index >= 15 is 0 Å². The molecule has 3 aromatic rings. The number of fused-ring (bicyclic) bond motifs is 1. The topological polar surface area (TPSA) is 68.5 Å². The molecule has 1 N–H and O–H groups in total. The van der Waals surface area contributed by atoms with Crippen molar-refractivity contribution in [1.29, 1.82) is 0 Å². The van der Waals surface area contributed by atoms with E-state index in [-0.39, 0.29) is 18.6 Å². The van der Waals surface area contributed by atoms with Crippen molar-refractivity contribution in [3.8, 4) is 5.75 Å². The highest BCUT2D eigenvalue weighted by atomic mass is 16.5. The molecule has 1 aromatic heterocycles. The lowest BCUT2D eigenvalue weighted by Gasteiger charge is -2.15. The van der Waals surface area contributed by atoms with Gasteiger partial charge in [0.1, 0.15) is 11.3 Å².